The summed E-state index contributed by atoms with van der Waals surface area (Å²) in [7, 11) is 0. The number of aromatic nitrogens is 2. The van der Waals surface area contributed by atoms with Crippen LogP contribution in [0.5, 0.6) is 0 Å². The van der Waals surface area contributed by atoms with Crippen molar-refractivity contribution in [2.24, 2.45) is 17.2 Å². The molecule has 2 atom stereocenters. The van der Waals surface area contributed by atoms with E-state index in [1.807, 2.05) is 0 Å². The van der Waals surface area contributed by atoms with Gasteiger partial charge in [-0.25, -0.2) is 17.6 Å². The molecule has 18 heteroatoms. The van der Waals surface area contributed by atoms with Crippen LogP contribution >= 0.6 is 0 Å². The van der Waals surface area contributed by atoms with Crippen molar-refractivity contribution in [2.45, 2.75) is 12.1 Å². The van der Waals surface area contributed by atoms with Gasteiger partial charge in [-0.3, -0.25) is 33.7 Å². The minimum absolute atomic E-state index is 0.0172. The molecule has 0 unspecified atom stereocenters. The fourth-order valence-electron chi connectivity index (χ4n) is 6.09. The molecule has 1 aliphatic rings. The van der Waals surface area contributed by atoms with Crippen LogP contribution in [0.2, 0.25) is 0 Å². The monoisotopic (exact) mass is 852 g/mol. The lowest BCUT2D eigenvalue weighted by Gasteiger charge is -2.25. The van der Waals surface area contributed by atoms with Crippen LogP contribution in [-0.2, 0) is 0 Å². The summed E-state index contributed by atoms with van der Waals surface area (Å²) in [6, 6.07) is 16.2. The van der Waals surface area contributed by atoms with E-state index in [1.54, 1.807) is 12.1 Å². The van der Waals surface area contributed by atoms with Crippen molar-refractivity contribution in [1.82, 2.24) is 24.7 Å². The first kappa shape index (κ1) is 47.0. The van der Waals surface area contributed by atoms with Crippen molar-refractivity contribution in [2.75, 3.05) is 39.3 Å². The van der Waals surface area contributed by atoms with Crippen LogP contribution in [0.3, 0.4) is 0 Å². The van der Waals surface area contributed by atoms with Crippen LogP contribution in [0, 0.1) is 48.0 Å². The van der Waals surface area contributed by atoms with Crippen LogP contribution in [0.4, 0.5) is 17.6 Å². The standard InChI is InChI=1S/C25H17F2N3O4.C17H15F2N3O2.C2H8N2/c1-2-11-28-22(31)18-8-5-12-29(25(18)34)21(15-9-10-19(26)20(27)13-15)14-30-23(32)16-6-3-4-7-17(16)24(30)33;1-2-7-21-16(23)12-4-3-8-22(17(12)24)15(10-20)11-5-6-13(18)14(19)9-11;3-1-2-4/h1,3-10,12-13,21H,11,14H2,(H,28,31);1,3-6,8-9,15H,7,10,20H2,(H,21,23);1-4H2/t21-;15-;/m00./s1. The van der Waals surface area contributed by atoms with Gasteiger partial charge in [0.15, 0.2) is 23.3 Å². The van der Waals surface area contributed by atoms with Gasteiger partial charge in [0.2, 0.25) is 0 Å². The van der Waals surface area contributed by atoms with Crippen molar-refractivity contribution in [3.63, 3.8) is 0 Å². The Hall–Kier alpha value is -7.64. The Morgan fingerprint density at radius 1 is 0.597 bits per heavy atom. The molecule has 62 heavy (non-hydrogen) atoms. The number of imide groups is 1. The molecule has 0 saturated heterocycles. The molecule has 14 nitrogen and oxygen atoms in total. The molecule has 320 valence electrons. The van der Waals surface area contributed by atoms with Crippen molar-refractivity contribution < 1.29 is 36.7 Å². The number of benzene rings is 3. The molecule has 4 amide bonds. The van der Waals surface area contributed by atoms with Crippen LogP contribution < -0.4 is 39.0 Å². The molecule has 0 saturated carbocycles. The minimum Gasteiger partial charge on any atom is -0.341 e. The highest BCUT2D eigenvalue weighted by atomic mass is 19.2. The maximum absolute atomic E-state index is 14.1. The second kappa shape index (κ2) is 22.1. The Balaban J connectivity index is 0.000000264. The van der Waals surface area contributed by atoms with E-state index in [0.29, 0.717) is 18.7 Å². The van der Waals surface area contributed by atoms with Gasteiger partial charge in [-0.2, -0.15) is 0 Å². The van der Waals surface area contributed by atoms with Crippen LogP contribution in [0.15, 0.2) is 107 Å². The molecule has 5 aromatic rings. The molecule has 0 bridgehead atoms. The Bertz CT molecular complexity index is 2630. The van der Waals surface area contributed by atoms with Gasteiger partial charge in [-0.05, 0) is 71.8 Å². The lowest BCUT2D eigenvalue weighted by atomic mass is 10.0. The largest absolute Gasteiger partial charge is 0.341 e. The van der Waals surface area contributed by atoms with Gasteiger partial charge >= 0.3 is 0 Å². The lowest BCUT2D eigenvalue weighted by Crippen LogP contribution is -2.40. The zero-order chi connectivity index (χ0) is 45.5. The molecular formula is C44H40F4N8O6. The van der Waals surface area contributed by atoms with E-state index >= 15 is 0 Å². The molecular weight excluding hydrogens is 813 g/mol. The van der Waals surface area contributed by atoms with E-state index in [2.05, 4.69) is 22.5 Å². The number of amides is 4. The summed E-state index contributed by atoms with van der Waals surface area (Å²) in [5.41, 5.74) is 14.6. The zero-order valence-corrected chi connectivity index (χ0v) is 32.8. The summed E-state index contributed by atoms with van der Waals surface area (Å²) >= 11 is 0. The normalized spacial score (nSPS) is 12.3. The number of halogens is 4. The van der Waals surface area contributed by atoms with E-state index in [4.69, 9.17) is 30.0 Å². The molecule has 2 aromatic heterocycles. The number of fused-ring (bicyclic) bond motifs is 1. The van der Waals surface area contributed by atoms with Crippen molar-refractivity contribution in [3.05, 3.63) is 175 Å². The first-order valence-corrected chi connectivity index (χ1v) is 18.5. The van der Waals surface area contributed by atoms with Gasteiger partial charge in [-0.1, -0.05) is 36.1 Å². The van der Waals surface area contributed by atoms with E-state index in [0.717, 1.165) is 33.7 Å². The second-order valence-corrected chi connectivity index (χ2v) is 13.0. The number of carbonyl (C=O) groups is 4. The van der Waals surface area contributed by atoms with E-state index in [1.165, 1.54) is 65.5 Å². The van der Waals surface area contributed by atoms with Gasteiger partial charge in [0.25, 0.3) is 34.7 Å². The third-order valence-corrected chi connectivity index (χ3v) is 9.09. The Morgan fingerprint density at radius 2 is 1.02 bits per heavy atom. The summed E-state index contributed by atoms with van der Waals surface area (Å²) in [6.07, 6.45) is 13.0. The van der Waals surface area contributed by atoms with Crippen LogP contribution in [0.1, 0.15) is 64.6 Å². The van der Waals surface area contributed by atoms with Crippen molar-refractivity contribution >= 4 is 23.6 Å². The maximum atomic E-state index is 14.1. The highest BCUT2D eigenvalue weighted by Crippen LogP contribution is 2.28. The number of pyridine rings is 2. The Kier molecular flexibility index (Phi) is 16.8. The summed E-state index contributed by atoms with van der Waals surface area (Å²) in [5.74, 6) is -2.33. The maximum Gasteiger partial charge on any atom is 0.264 e. The number of terminal acetylenes is 2. The summed E-state index contributed by atoms with van der Waals surface area (Å²) in [4.78, 5) is 76.8. The molecule has 0 aliphatic carbocycles. The van der Waals surface area contributed by atoms with Gasteiger partial charge in [0.1, 0.15) is 11.1 Å². The predicted molar refractivity (Wildman–Crippen MR) is 222 cm³/mol. The smallest absolute Gasteiger partial charge is 0.264 e. The average molecular weight is 853 g/mol. The highest BCUT2D eigenvalue weighted by molar-refractivity contribution is 6.21. The molecule has 3 aromatic carbocycles. The van der Waals surface area contributed by atoms with E-state index < -0.39 is 70.1 Å². The highest BCUT2D eigenvalue weighted by Gasteiger charge is 2.37. The molecule has 6 rings (SSSR count). The van der Waals surface area contributed by atoms with Crippen molar-refractivity contribution in [1.29, 1.82) is 0 Å². The molecule has 0 radical (unpaired) electrons. The summed E-state index contributed by atoms with van der Waals surface area (Å²) < 4.78 is 56.6. The predicted octanol–water partition coefficient (Wildman–Crippen LogP) is 2.32. The fraction of sp³-hybridized carbons (Fsp3) is 0.182. The average Bonchev–Trinajstić information content (AvgIpc) is 3.51. The SMILES string of the molecule is C#CCNC(=O)c1cccn([C@@H](CN)c2ccc(F)c(F)c2)c1=O.C#CCNC(=O)c1cccn([C@@H](CN2C(=O)c3ccccc3C2=O)c2ccc(F)c(F)c2)c1=O.NCCN. The Morgan fingerprint density at radius 3 is 1.40 bits per heavy atom. The van der Waals surface area contributed by atoms with Crippen molar-refractivity contribution in [3.8, 4) is 24.7 Å². The quantitative estimate of drug-likeness (QED) is 0.0706. The van der Waals surface area contributed by atoms with E-state index in [-0.39, 0.29) is 54.0 Å². The fourth-order valence-corrected chi connectivity index (χ4v) is 6.09. The first-order valence-electron chi connectivity index (χ1n) is 18.5. The first-order chi connectivity index (χ1) is 29.7. The number of nitrogens with one attached hydrogen (secondary N) is 2. The topological polar surface area (TPSA) is 218 Å². The number of carbonyl (C=O) groups excluding carboxylic acids is 4. The number of rotatable bonds is 12. The molecule has 1 aliphatic heterocycles. The van der Waals surface area contributed by atoms with Crippen LogP contribution in [0.25, 0.3) is 0 Å². The second-order valence-electron chi connectivity index (χ2n) is 13.0. The molecule has 0 spiro atoms. The molecule has 8 N–H and O–H groups in total. The van der Waals surface area contributed by atoms with Gasteiger partial charge in [-0.15, -0.1) is 12.8 Å². The molecule has 0 fully saturated rings. The minimum atomic E-state index is -1.17. The summed E-state index contributed by atoms with van der Waals surface area (Å²) in [6.45, 7) is 0.679. The Labute approximate surface area is 352 Å². The third kappa shape index (κ3) is 10.9. The lowest BCUT2D eigenvalue weighted by molar-refractivity contribution is 0.0637. The van der Waals surface area contributed by atoms with Crippen LogP contribution in [-0.4, -0.2) is 76.9 Å². The number of nitrogens with zero attached hydrogens (tertiary/aromatic N) is 3. The van der Waals surface area contributed by atoms with Gasteiger partial charge < -0.3 is 37.0 Å². The molecule has 3 heterocycles. The number of hydrogen-bond donors (Lipinski definition) is 5. The van der Waals surface area contributed by atoms with Gasteiger partial charge in [0, 0.05) is 32.0 Å². The number of nitrogens with two attached hydrogens (primary N) is 3. The third-order valence-electron chi connectivity index (χ3n) is 9.09. The zero-order valence-electron chi connectivity index (χ0n) is 32.8. The van der Waals surface area contributed by atoms with Gasteiger partial charge in [0.05, 0.1) is 42.8 Å². The summed E-state index contributed by atoms with van der Waals surface area (Å²) in [5, 5.41) is 4.80. The number of hydrogen-bond acceptors (Lipinski definition) is 9. The van der Waals surface area contributed by atoms with E-state index in [9.17, 15) is 46.3 Å².